The summed E-state index contributed by atoms with van der Waals surface area (Å²) in [7, 11) is 0. The van der Waals surface area contributed by atoms with Gasteiger partial charge in [-0.05, 0) is 201 Å². The van der Waals surface area contributed by atoms with Gasteiger partial charge >= 0.3 is 0 Å². The maximum atomic E-state index is 5.60. The molecule has 3 aromatic heterocycles. The van der Waals surface area contributed by atoms with Crippen LogP contribution in [0.4, 0.5) is 0 Å². The van der Waals surface area contributed by atoms with Crippen LogP contribution in [0.2, 0.25) is 0 Å². The lowest BCUT2D eigenvalue weighted by atomic mass is 9.92. The van der Waals surface area contributed by atoms with Gasteiger partial charge in [-0.15, -0.1) is 0 Å². The molecule has 8 bridgehead atoms. The number of fused-ring (bicyclic) bond motifs is 8. The highest BCUT2D eigenvalue weighted by atomic mass is 127. The molecule has 2 N–H and O–H groups in total. The van der Waals surface area contributed by atoms with Gasteiger partial charge in [-0.25, -0.2) is 9.97 Å². The lowest BCUT2D eigenvalue weighted by molar-refractivity contribution is 1.27. The maximum absolute atomic E-state index is 5.60. The summed E-state index contributed by atoms with van der Waals surface area (Å²) < 4.78 is 1.22. The van der Waals surface area contributed by atoms with Gasteiger partial charge < -0.3 is 9.97 Å². The summed E-state index contributed by atoms with van der Waals surface area (Å²) in [6.07, 6.45) is 8.79. The van der Waals surface area contributed by atoms with Crippen LogP contribution in [0.25, 0.3) is 90.9 Å². The smallest absolute Gasteiger partial charge is 0.0737 e. The number of aromatic nitrogens is 4. The quantitative estimate of drug-likeness (QED) is 0.173. The summed E-state index contributed by atoms with van der Waals surface area (Å²) in [6.45, 7) is 19.8. The van der Waals surface area contributed by atoms with E-state index >= 15 is 0 Å². The minimum absolute atomic E-state index is 0.918. The zero-order chi connectivity index (χ0) is 40.6. The minimum Gasteiger partial charge on any atom is -0.354 e. The molecule has 0 radical (unpaired) electrons. The summed E-state index contributed by atoms with van der Waals surface area (Å²) in [5.41, 5.74) is 27.8. The molecule has 0 fully saturated rings. The van der Waals surface area contributed by atoms with Gasteiger partial charge in [-0.2, -0.15) is 0 Å². The van der Waals surface area contributed by atoms with Crippen LogP contribution >= 0.6 is 22.6 Å². The van der Waals surface area contributed by atoms with Crippen molar-refractivity contribution in [2.24, 2.45) is 0 Å². The summed E-state index contributed by atoms with van der Waals surface area (Å²) in [5, 5.41) is 0. The van der Waals surface area contributed by atoms with Gasteiger partial charge in [0.25, 0.3) is 0 Å². The molecule has 4 aromatic carbocycles. The Labute approximate surface area is 355 Å². The monoisotopic (exact) mass is 867 g/mol. The van der Waals surface area contributed by atoms with E-state index < -0.39 is 0 Å². The molecule has 0 saturated carbocycles. The van der Waals surface area contributed by atoms with Crippen LogP contribution in [0, 0.1) is 65.9 Å². The van der Waals surface area contributed by atoms with Crippen molar-refractivity contribution in [2.45, 2.75) is 62.3 Å². The summed E-state index contributed by atoms with van der Waals surface area (Å²) in [6, 6.07) is 31.4. The first kappa shape index (κ1) is 37.8. The average molecular weight is 868 g/mol. The molecule has 9 rings (SSSR count). The van der Waals surface area contributed by atoms with E-state index in [9.17, 15) is 0 Å². The number of hydrogen-bond donors (Lipinski definition) is 2. The average Bonchev–Trinajstić information content (AvgIpc) is 3.99. The fourth-order valence-electron chi connectivity index (χ4n) is 9.47. The van der Waals surface area contributed by atoms with Gasteiger partial charge in [0.15, 0.2) is 0 Å². The molecule has 2 aliphatic rings. The Morgan fingerprint density at radius 2 is 0.655 bits per heavy atom. The second-order valence-electron chi connectivity index (χ2n) is 16.3. The normalized spacial score (nSPS) is 12.2. The highest BCUT2D eigenvalue weighted by Gasteiger charge is 2.22. The van der Waals surface area contributed by atoms with Crippen LogP contribution in [-0.4, -0.2) is 19.9 Å². The molecule has 5 heterocycles. The largest absolute Gasteiger partial charge is 0.354 e. The Bertz CT molecular complexity index is 2970. The lowest BCUT2D eigenvalue weighted by Gasteiger charge is -2.14. The van der Waals surface area contributed by atoms with Gasteiger partial charge in [-0.1, -0.05) is 65.2 Å². The molecule has 7 aromatic rings. The summed E-state index contributed by atoms with van der Waals surface area (Å²) >= 11 is 2.43. The molecule has 0 saturated heterocycles. The Balaban J connectivity index is 1.53. The third-order valence-electron chi connectivity index (χ3n) is 11.7. The predicted octanol–water partition coefficient (Wildman–Crippen LogP) is 14.7. The fourth-order valence-corrected chi connectivity index (χ4v) is 10.4. The Hall–Kier alpha value is -5.79. The zero-order valence-electron chi connectivity index (χ0n) is 34.7. The van der Waals surface area contributed by atoms with Crippen LogP contribution in [0.1, 0.15) is 72.8 Å². The number of halogens is 1. The molecule has 0 aliphatic carbocycles. The fraction of sp³-hybridized carbons (Fsp3) is 0.170. The van der Waals surface area contributed by atoms with Gasteiger partial charge in [-0.3, -0.25) is 0 Å². The summed E-state index contributed by atoms with van der Waals surface area (Å²) in [4.78, 5) is 19.1. The predicted molar refractivity (Wildman–Crippen MR) is 256 cm³/mol. The van der Waals surface area contributed by atoms with E-state index in [1.165, 1.54) is 70.3 Å². The number of nitrogens with zero attached hydrogens (tertiary/aromatic N) is 2. The number of aromatic amines is 2. The molecule has 4 nitrogen and oxygen atoms in total. The number of nitrogens with one attached hydrogen (secondary N) is 2. The van der Waals surface area contributed by atoms with Gasteiger partial charge in [0.05, 0.1) is 22.8 Å². The van der Waals surface area contributed by atoms with Crippen molar-refractivity contribution in [1.82, 2.24) is 19.9 Å². The van der Waals surface area contributed by atoms with E-state index in [-0.39, 0.29) is 0 Å². The van der Waals surface area contributed by atoms with Crippen molar-refractivity contribution in [3.8, 4) is 44.5 Å². The van der Waals surface area contributed by atoms with Crippen LogP contribution < -0.4 is 0 Å². The van der Waals surface area contributed by atoms with Crippen molar-refractivity contribution in [3.05, 3.63) is 161 Å². The van der Waals surface area contributed by atoms with Crippen LogP contribution in [-0.2, 0) is 0 Å². The third kappa shape index (κ3) is 6.55. The molecule has 2 aliphatic heterocycles. The van der Waals surface area contributed by atoms with Gasteiger partial charge in [0.1, 0.15) is 0 Å². The number of rotatable bonds is 4. The van der Waals surface area contributed by atoms with Crippen LogP contribution in [0.3, 0.4) is 0 Å². The van der Waals surface area contributed by atoms with E-state index in [1.54, 1.807) is 0 Å². The second kappa shape index (κ2) is 14.5. The first-order valence-electron chi connectivity index (χ1n) is 20.0. The molecule has 0 atom stereocenters. The number of H-pyrrole nitrogens is 2. The minimum atomic E-state index is 0.918. The standard InChI is InChI=1S/C53H47IN4/c1-28-10-12-37(13-11-28)50-39-14-16-41(55-39)51(47-31(4)22-29(2)23-32(47)5)43-18-20-45(57-43)53(49-35(8)26-38(54)27-36(49)9)46-21-19-44(58-46)52(42-17-15-40(50)56-42)48-33(6)24-30(3)25-34(48)7/h10-27,55,58H,1-9H3/i50+1. The van der Waals surface area contributed by atoms with Crippen molar-refractivity contribution < 1.29 is 0 Å². The van der Waals surface area contributed by atoms with Crippen LogP contribution in [0.15, 0.2) is 84.9 Å². The Morgan fingerprint density at radius 1 is 0.345 bits per heavy atom. The number of benzene rings is 4. The third-order valence-corrected chi connectivity index (χ3v) is 12.3. The summed E-state index contributed by atoms with van der Waals surface area (Å²) in [5.74, 6) is 0. The molecule has 0 amide bonds. The van der Waals surface area contributed by atoms with E-state index in [2.05, 4.69) is 204 Å². The Morgan fingerprint density at radius 3 is 1.02 bits per heavy atom. The lowest BCUT2D eigenvalue weighted by Crippen LogP contribution is -1.96. The van der Waals surface area contributed by atoms with Gasteiger partial charge in [0.2, 0.25) is 0 Å². The van der Waals surface area contributed by atoms with Crippen molar-refractivity contribution >= 4 is 69.0 Å². The topological polar surface area (TPSA) is 57.4 Å². The number of aryl methyl sites for hydroxylation is 9. The first-order valence-corrected chi connectivity index (χ1v) is 21.1. The van der Waals surface area contributed by atoms with Crippen LogP contribution in [0.5, 0.6) is 0 Å². The van der Waals surface area contributed by atoms with E-state index in [0.29, 0.717) is 0 Å². The second-order valence-corrected chi connectivity index (χ2v) is 17.6. The van der Waals surface area contributed by atoms with E-state index in [0.717, 1.165) is 72.7 Å². The highest BCUT2D eigenvalue weighted by molar-refractivity contribution is 14.1. The molecule has 5 heteroatoms. The van der Waals surface area contributed by atoms with E-state index in [1.807, 2.05) is 0 Å². The van der Waals surface area contributed by atoms with Crippen molar-refractivity contribution in [2.75, 3.05) is 0 Å². The van der Waals surface area contributed by atoms with Crippen molar-refractivity contribution in [1.29, 1.82) is 0 Å². The SMILES string of the molecule is Cc1ccc(-[13c]2c3nc(c(-c4c(C)cc(C)cc4C)c4ccc([nH]4)c(-c4c(C)cc(I)cc4C)c4nc(c(-c5c(C)cc(C)cc5C)c5ccc2[nH]5)C=C4)C=C3)cc1. The first-order chi connectivity index (χ1) is 27.8. The molecule has 0 unspecified atom stereocenters. The molecular weight excluding hydrogens is 821 g/mol. The molecule has 286 valence electrons. The number of hydrogen-bond acceptors (Lipinski definition) is 2. The maximum Gasteiger partial charge on any atom is 0.0737 e. The molecule has 0 spiro atoms. The van der Waals surface area contributed by atoms with Gasteiger partial charge in [0, 0.05) is 47.9 Å². The van der Waals surface area contributed by atoms with E-state index in [4.69, 9.17) is 9.97 Å². The Kier molecular flexibility index (Phi) is 9.47. The zero-order valence-corrected chi connectivity index (χ0v) is 36.8. The highest BCUT2D eigenvalue weighted by Crippen LogP contribution is 2.42. The molecule has 58 heavy (non-hydrogen) atoms. The molecular formula is C53H47IN4. The van der Waals surface area contributed by atoms with Crippen molar-refractivity contribution in [3.63, 3.8) is 0 Å².